The molecule has 0 spiro atoms. The van der Waals surface area contributed by atoms with E-state index in [9.17, 15) is 4.79 Å². The van der Waals surface area contributed by atoms with Gasteiger partial charge in [-0.1, -0.05) is 36.4 Å². The molecule has 0 unspecified atom stereocenters. The lowest BCUT2D eigenvalue weighted by Crippen LogP contribution is -2.29. The van der Waals surface area contributed by atoms with Crippen molar-refractivity contribution in [1.29, 1.82) is 0 Å². The second kappa shape index (κ2) is 9.56. The normalized spacial score (nSPS) is 14.3. The lowest BCUT2D eigenvalue weighted by molar-refractivity contribution is 0.102. The van der Waals surface area contributed by atoms with Crippen LogP contribution in [0, 0.1) is 6.92 Å². The van der Waals surface area contributed by atoms with Gasteiger partial charge in [-0.3, -0.25) is 4.79 Å². The monoisotopic (exact) mass is 427 g/mol. The number of nitrogens with two attached hydrogens (primary N) is 2. The molecule has 32 heavy (non-hydrogen) atoms. The Morgan fingerprint density at radius 1 is 0.969 bits per heavy atom. The van der Waals surface area contributed by atoms with E-state index < -0.39 is 0 Å². The van der Waals surface area contributed by atoms with Crippen LogP contribution in [0.1, 0.15) is 40.7 Å². The van der Waals surface area contributed by atoms with E-state index in [1.807, 2.05) is 48.5 Å². The number of nitrogens with zero attached hydrogens (tertiary/aromatic N) is 2. The molecular formula is C26H29N5O. The molecule has 4 rings (SSSR count). The van der Waals surface area contributed by atoms with Crippen molar-refractivity contribution in [2.24, 2.45) is 16.7 Å². The number of nitrogens with one attached hydrogen (secondary N) is 1. The van der Waals surface area contributed by atoms with Gasteiger partial charge in [0.2, 0.25) is 0 Å². The summed E-state index contributed by atoms with van der Waals surface area (Å²) in [7, 11) is 0. The average Bonchev–Trinajstić information content (AvgIpc) is 2.84. The summed E-state index contributed by atoms with van der Waals surface area (Å²) in [4.78, 5) is 15.5. The van der Waals surface area contributed by atoms with E-state index in [0.29, 0.717) is 16.8 Å². The summed E-state index contributed by atoms with van der Waals surface area (Å²) in [5.41, 5.74) is 12.1. The van der Waals surface area contributed by atoms with Gasteiger partial charge in [0.1, 0.15) is 0 Å². The third kappa shape index (κ3) is 4.59. The van der Waals surface area contributed by atoms with Crippen LogP contribution in [0.25, 0.3) is 11.1 Å². The number of carbonyl (C=O) groups is 1. The molecule has 0 radical (unpaired) electrons. The molecule has 164 valence electrons. The zero-order chi connectivity index (χ0) is 22.5. The number of piperidine rings is 1. The van der Waals surface area contributed by atoms with E-state index >= 15 is 0 Å². The minimum atomic E-state index is -0.197. The topological polar surface area (TPSA) is 96.7 Å². The average molecular weight is 428 g/mol. The number of anilines is 2. The summed E-state index contributed by atoms with van der Waals surface area (Å²) < 4.78 is 0. The molecule has 0 aliphatic carbocycles. The highest BCUT2D eigenvalue weighted by molar-refractivity contribution is 6.10. The summed E-state index contributed by atoms with van der Waals surface area (Å²) >= 11 is 0. The van der Waals surface area contributed by atoms with Gasteiger partial charge in [-0.15, -0.1) is 0 Å². The van der Waals surface area contributed by atoms with Crippen molar-refractivity contribution in [3.8, 4) is 11.1 Å². The first-order valence-corrected chi connectivity index (χ1v) is 11.0. The van der Waals surface area contributed by atoms with Crippen molar-refractivity contribution in [2.45, 2.75) is 26.2 Å². The number of amides is 1. The molecule has 5 N–H and O–H groups in total. The number of hydrogen-bond acceptors (Lipinski definition) is 4. The van der Waals surface area contributed by atoms with E-state index in [4.69, 9.17) is 11.6 Å². The van der Waals surface area contributed by atoms with Crippen molar-refractivity contribution >= 4 is 23.1 Å². The Morgan fingerprint density at radius 3 is 2.50 bits per heavy atom. The molecule has 6 nitrogen and oxygen atoms in total. The Morgan fingerprint density at radius 2 is 1.75 bits per heavy atom. The molecule has 3 aromatic carbocycles. The fourth-order valence-corrected chi connectivity index (χ4v) is 4.20. The van der Waals surface area contributed by atoms with Gasteiger partial charge in [-0.25, -0.2) is 0 Å². The standard InChI is InChI=1S/C26H29N5O/c1-18-8-3-4-11-22(18)19-12-13-23(25(27)30-28)24(17-19)29-26(32)20-9-7-10-21(16-20)31-14-5-2-6-15-31/h3-4,7-13,16-17H,2,5-6,14-15,28H2,1H3,(H2,27,30)(H,29,32). The summed E-state index contributed by atoms with van der Waals surface area (Å²) in [6.07, 6.45) is 3.63. The first-order valence-electron chi connectivity index (χ1n) is 11.0. The first kappa shape index (κ1) is 21.4. The van der Waals surface area contributed by atoms with E-state index in [-0.39, 0.29) is 11.7 Å². The zero-order valence-electron chi connectivity index (χ0n) is 18.3. The van der Waals surface area contributed by atoms with Crippen LogP contribution in [0.3, 0.4) is 0 Å². The third-order valence-electron chi connectivity index (χ3n) is 5.97. The van der Waals surface area contributed by atoms with Crippen LogP contribution in [-0.2, 0) is 0 Å². The molecule has 1 amide bonds. The van der Waals surface area contributed by atoms with Gasteiger partial charge >= 0.3 is 0 Å². The number of hydrogen-bond donors (Lipinski definition) is 3. The minimum Gasteiger partial charge on any atom is -0.382 e. The molecule has 1 aliphatic heterocycles. The maximum absolute atomic E-state index is 13.2. The molecule has 6 heteroatoms. The maximum Gasteiger partial charge on any atom is 0.255 e. The van der Waals surface area contributed by atoms with Crippen LogP contribution in [-0.4, -0.2) is 24.8 Å². The largest absolute Gasteiger partial charge is 0.382 e. The Balaban J connectivity index is 1.66. The maximum atomic E-state index is 13.2. The highest BCUT2D eigenvalue weighted by Crippen LogP contribution is 2.29. The van der Waals surface area contributed by atoms with E-state index in [0.717, 1.165) is 35.5 Å². The molecule has 0 bridgehead atoms. The number of carbonyl (C=O) groups excluding carboxylic acids is 1. The van der Waals surface area contributed by atoms with Crippen LogP contribution in [0.4, 0.5) is 11.4 Å². The quantitative estimate of drug-likeness (QED) is 0.242. The molecule has 1 aliphatic rings. The van der Waals surface area contributed by atoms with Crippen LogP contribution in [0.15, 0.2) is 71.8 Å². The van der Waals surface area contributed by atoms with Crippen LogP contribution in [0.5, 0.6) is 0 Å². The van der Waals surface area contributed by atoms with Crippen molar-refractivity contribution in [1.82, 2.24) is 0 Å². The summed E-state index contributed by atoms with van der Waals surface area (Å²) in [5, 5.41) is 6.66. The predicted molar refractivity (Wildman–Crippen MR) is 132 cm³/mol. The fourth-order valence-electron chi connectivity index (χ4n) is 4.20. The van der Waals surface area contributed by atoms with E-state index in [2.05, 4.69) is 40.4 Å². The summed E-state index contributed by atoms with van der Waals surface area (Å²) in [5.74, 6) is 5.40. The van der Waals surface area contributed by atoms with Gasteiger partial charge in [0.15, 0.2) is 5.84 Å². The number of rotatable bonds is 5. The van der Waals surface area contributed by atoms with E-state index in [1.165, 1.54) is 19.3 Å². The molecule has 0 aromatic heterocycles. The van der Waals surface area contributed by atoms with Gasteiger partial charge in [0.05, 0.1) is 5.69 Å². The van der Waals surface area contributed by atoms with E-state index in [1.54, 1.807) is 0 Å². The number of benzene rings is 3. The molecule has 0 saturated carbocycles. The summed E-state index contributed by atoms with van der Waals surface area (Å²) in [6, 6.07) is 21.6. The second-order valence-corrected chi connectivity index (χ2v) is 8.14. The van der Waals surface area contributed by atoms with Gasteiger partial charge in [-0.2, -0.15) is 5.10 Å². The van der Waals surface area contributed by atoms with Crippen molar-refractivity contribution in [3.05, 3.63) is 83.4 Å². The Kier molecular flexibility index (Phi) is 6.40. The molecule has 1 fully saturated rings. The smallest absolute Gasteiger partial charge is 0.255 e. The van der Waals surface area contributed by atoms with Crippen molar-refractivity contribution in [2.75, 3.05) is 23.3 Å². The number of aryl methyl sites for hydroxylation is 1. The predicted octanol–water partition coefficient (Wildman–Crippen LogP) is 4.48. The molecule has 3 aromatic rings. The summed E-state index contributed by atoms with van der Waals surface area (Å²) in [6.45, 7) is 4.11. The van der Waals surface area contributed by atoms with Crippen LogP contribution >= 0.6 is 0 Å². The van der Waals surface area contributed by atoms with Crippen molar-refractivity contribution < 1.29 is 4.79 Å². The van der Waals surface area contributed by atoms with Gasteiger partial charge in [0, 0.05) is 29.9 Å². The highest BCUT2D eigenvalue weighted by atomic mass is 16.1. The van der Waals surface area contributed by atoms with Gasteiger partial charge in [0.25, 0.3) is 5.91 Å². The zero-order valence-corrected chi connectivity index (χ0v) is 18.3. The lowest BCUT2D eigenvalue weighted by Gasteiger charge is -2.29. The molecular weight excluding hydrogens is 398 g/mol. The van der Waals surface area contributed by atoms with Gasteiger partial charge < -0.3 is 21.8 Å². The lowest BCUT2D eigenvalue weighted by atomic mass is 9.98. The number of amidine groups is 1. The highest BCUT2D eigenvalue weighted by Gasteiger charge is 2.16. The van der Waals surface area contributed by atoms with Crippen molar-refractivity contribution in [3.63, 3.8) is 0 Å². The third-order valence-corrected chi connectivity index (χ3v) is 5.97. The van der Waals surface area contributed by atoms with Crippen LogP contribution < -0.4 is 21.8 Å². The van der Waals surface area contributed by atoms with Gasteiger partial charge in [-0.05, 0) is 73.2 Å². The SMILES string of the molecule is Cc1ccccc1-c1ccc(/C(N)=N/N)c(NC(=O)c2cccc(N3CCCCC3)c2)c1. The Bertz CT molecular complexity index is 1150. The molecule has 1 heterocycles. The second-order valence-electron chi connectivity index (χ2n) is 8.14. The Hall–Kier alpha value is -3.80. The van der Waals surface area contributed by atoms with Crippen LogP contribution in [0.2, 0.25) is 0 Å². The first-order chi connectivity index (χ1) is 15.6. The number of hydrazone groups is 1. The Labute approximate surface area is 188 Å². The molecule has 1 saturated heterocycles. The fraction of sp³-hybridized carbons (Fsp3) is 0.231. The minimum absolute atomic E-state index is 0.165. The molecule has 0 atom stereocenters.